The molecule has 3 rings (SSSR count). The summed E-state index contributed by atoms with van der Waals surface area (Å²) in [5.41, 5.74) is 0. The van der Waals surface area contributed by atoms with E-state index in [0.29, 0.717) is 19.4 Å². The van der Waals surface area contributed by atoms with Crippen LogP contribution in [0, 0.1) is 0 Å². The fourth-order valence-corrected chi connectivity index (χ4v) is 7.26. The molecule has 0 saturated carbocycles. The maximum Gasteiger partial charge on any atom is 0.253 e. The number of benzene rings is 1. The van der Waals surface area contributed by atoms with Crippen molar-refractivity contribution in [2.75, 3.05) is 18.8 Å². The molecule has 7 nitrogen and oxygen atoms in total. The Balaban J connectivity index is 1.55. The number of nitrogens with one attached hydrogen (secondary N) is 1. The maximum absolute atomic E-state index is 12.7. The molecule has 10 heteroatoms. The minimum absolute atomic E-state index is 0.0842. The van der Waals surface area contributed by atoms with Crippen molar-refractivity contribution in [2.24, 2.45) is 0 Å². The number of amides is 1. The highest BCUT2D eigenvalue weighted by atomic mass is 32.2. The molecule has 152 valence electrons. The second-order valence-corrected chi connectivity index (χ2v) is 11.7. The number of carbonyl (C=O) groups excluding carboxylic acids is 1. The van der Waals surface area contributed by atoms with Crippen LogP contribution in [0.3, 0.4) is 0 Å². The molecule has 2 aromatic rings. The predicted molar refractivity (Wildman–Crippen MR) is 107 cm³/mol. The van der Waals surface area contributed by atoms with Crippen LogP contribution in [-0.2, 0) is 24.7 Å². The third-order valence-corrected chi connectivity index (χ3v) is 9.65. The summed E-state index contributed by atoms with van der Waals surface area (Å²) >= 11 is 1.12. The Morgan fingerprint density at radius 2 is 1.86 bits per heavy atom. The summed E-state index contributed by atoms with van der Waals surface area (Å²) in [5.74, 6) is -0.464. The first-order chi connectivity index (χ1) is 13.3. The normalized spacial score (nSPS) is 18.2. The minimum atomic E-state index is -3.68. The molecule has 0 spiro atoms. The smallest absolute Gasteiger partial charge is 0.253 e. The van der Waals surface area contributed by atoms with E-state index in [0.717, 1.165) is 11.3 Å². The number of hydrogen-bond acceptors (Lipinski definition) is 6. The molecule has 1 aliphatic rings. The van der Waals surface area contributed by atoms with Crippen LogP contribution in [0.15, 0.2) is 56.9 Å². The van der Waals surface area contributed by atoms with Gasteiger partial charge in [-0.3, -0.25) is 4.79 Å². The second-order valence-electron chi connectivity index (χ2n) is 6.48. The highest BCUT2D eigenvalue weighted by Crippen LogP contribution is 2.28. The van der Waals surface area contributed by atoms with Crippen LogP contribution < -0.4 is 5.32 Å². The Hall–Kier alpha value is -1.75. The largest absolute Gasteiger partial charge is 0.355 e. The maximum atomic E-state index is 12.7. The van der Waals surface area contributed by atoms with Crippen molar-refractivity contribution in [3.8, 4) is 0 Å². The number of sulfone groups is 1. The number of nitrogens with zero attached hydrogens (tertiary/aromatic N) is 1. The van der Waals surface area contributed by atoms with Gasteiger partial charge in [-0.25, -0.2) is 16.8 Å². The molecule has 1 N–H and O–H groups in total. The van der Waals surface area contributed by atoms with Gasteiger partial charge in [0, 0.05) is 13.1 Å². The fourth-order valence-electron chi connectivity index (χ4n) is 3.15. The average Bonchev–Trinajstić information content (AvgIpc) is 3.38. The number of sulfonamides is 1. The molecule has 1 aromatic carbocycles. The van der Waals surface area contributed by atoms with Gasteiger partial charge in [0.15, 0.2) is 9.84 Å². The van der Waals surface area contributed by atoms with Gasteiger partial charge in [0.05, 0.1) is 10.6 Å². The standard InChI is InChI=1S/C18H22N2O5S3/c21-18(19-11-6-14-27(22,23)15-7-2-1-3-8-15)16-9-4-12-20(16)28(24,25)17-10-5-13-26-17/h1-3,5,7-8,10,13,16H,4,6,9,11-12,14H2,(H,19,21). The van der Waals surface area contributed by atoms with Crippen LogP contribution in [-0.4, -0.2) is 51.9 Å². The van der Waals surface area contributed by atoms with Gasteiger partial charge >= 0.3 is 0 Å². The van der Waals surface area contributed by atoms with E-state index in [4.69, 9.17) is 0 Å². The lowest BCUT2D eigenvalue weighted by Gasteiger charge is -2.22. The van der Waals surface area contributed by atoms with E-state index in [-0.39, 0.29) is 33.7 Å². The second kappa shape index (κ2) is 8.73. The van der Waals surface area contributed by atoms with E-state index in [1.54, 1.807) is 41.8 Å². The first-order valence-electron chi connectivity index (χ1n) is 8.93. The molecule has 0 aliphatic carbocycles. The molecular weight excluding hydrogens is 420 g/mol. The lowest BCUT2D eigenvalue weighted by molar-refractivity contribution is -0.124. The Morgan fingerprint density at radius 3 is 2.54 bits per heavy atom. The zero-order valence-corrected chi connectivity index (χ0v) is 17.6. The summed E-state index contributed by atoms with van der Waals surface area (Å²) in [7, 11) is -7.08. The van der Waals surface area contributed by atoms with Crippen LogP contribution in [0.2, 0.25) is 0 Å². The number of carbonyl (C=O) groups is 1. The van der Waals surface area contributed by atoms with Crippen LogP contribution in [0.25, 0.3) is 0 Å². The molecule has 2 heterocycles. The molecule has 1 fully saturated rings. The highest BCUT2D eigenvalue weighted by molar-refractivity contribution is 7.91. The third-order valence-electron chi connectivity index (χ3n) is 4.56. The molecule has 1 aliphatic heterocycles. The van der Waals surface area contributed by atoms with Gasteiger partial charge in [-0.2, -0.15) is 4.31 Å². The van der Waals surface area contributed by atoms with Crippen molar-refractivity contribution in [1.82, 2.24) is 9.62 Å². The minimum Gasteiger partial charge on any atom is -0.355 e. The van der Waals surface area contributed by atoms with Crippen molar-refractivity contribution in [3.63, 3.8) is 0 Å². The van der Waals surface area contributed by atoms with E-state index >= 15 is 0 Å². The zero-order valence-electron chi connectivity index (χ0n) is 15.2. The molecule has 28 heavy (non-hydrogen) atoms. The Kier molecular flexibility index (Phi) is 6.54. The molecule has 0 bridgehead atoms. The van der Waals surface area contributed by atoms with Crippen LogP contribution in [0.5, 0.6) is 0 Å². The first kappa shape index (κ1) is 21.0. The fraction of sp³-hybridized carbons (Fsp3) is 0.389. The third kappa shape index (κ3) is 4.62. The molecule has 1 atom stereocenters. The van der Waals surface area contributed by atoms with Gasteiger partial charge < -0.3 is 5.32 Å². The van der Waals surface area contributed by atoms with E-state index in [2.05, 4.69) is 5.32 Å². The number of rotatable bonds is 8. The van der Waals surface area contributed by atoms with Gasteiger partial charge in [0.25, 0.3) is 10.0 Å². The highest BCUT2D eigenvalue weighted by Gasteiger charge is 2.39. The van der Waals surface area contributed by atoms with Gasteiger partial charge in [-0.1, -0.05) is 24.3 Å². The first-order valence-corrected chi connectivity index (χ1v) is 12.9. The van der Waals surface area contributed by atoms with E-state index in [1.807, 2.05) is 0 Å². The predicted octanol–water partition coefficient (Wildman–Crippen LogP) is 1.88. The quantitative estimate of drug-likeness (QED) is 0.629. The van der Waals surface area contributed by atoms with Gasteiger partial charge in [-0.05, 0) is 42.8 Å². The van der Waals surface area contributed by atoms with Crippen molar-refractivity contribution in [2.45, 2.75) is 34.4 Å². The summed E-state index contributed by atoms with van der Waals surface area (Å²) < 4.78 is 51.4. The van der Waals surface area contributed by atoms with Crippen molar-refractivity contribution in [1.29, 1.82) is 0 Å². The lowest BCUT2D eigenvalue weighted by atomic mass is 10.2. The van der Waals surface area contributed by atoms with Gasteiger partial charge in [0.2, 0.25) is 5.91 Å². The molecular formula is C18H22N2O5S3. The number of hydrogen-bond donors (Lipinski definition) is 1. The van der Waals surface area contributed by atoms with Crippen molar-refractivity contribution < 1.29 is 21.6 Å². The van der Waals surface area contributed by atoms with Crippen LogP contribution in [0.1, 0.15) is 19.3 Å². The van der Waals surface area contributed by atoms with E-state index in [1.165, 1.54) is 10.4 Å². The summed E-state index contributed by atoms with van der Waals surface area (Å²) in [4.78, 5) is 12.8. The lowest BCUT2D eigenvalue weighted by Crippen LogP contribution is -2.46. The van der Waals surface area contributed by atoms with E-state index < -0.39 is 25.9 Å². The summed E-state index contributed by atoms with van der Waals surface area (Å²) in [6.45, 7) is 0.481. The van der Waals surface area contributed by atoms with Gasteiger partial charge in [-0.15, -0.1) is 11.3 Å². The average molecular weight is 443 g/mol. The van der Waals surface area contributed by atoms with Crippen molar-refractivity contribution in [3.05, 3.63) is 47.8 Å². The molecule has 1 unspecified atom stereocenters. The Morgan fingerprint density at radius 1 is 1.11 bits per heavy atom. The number of thiophene rings is 1. The monoisotopic (exact) mass is 442 g/mol. The van der Waals surface area contributed by atoms with Crippen molar-refractivity contribution >= 4 is 37.1 Å². The van der Waals surface area contributed by atoms with E-state index in [9.17, 15) is 21.6 Å². The summed E-state index contributed by atoms with van der Waals surface area (Å²) in [6.07, 6.45) is 1.33. The van der Waals surface area contributed by atoms with Crippen LogP contribution >= 0.6 is 11.3 Å². The summed E-state index contributed by atoms with van der Waals surface area (Å²) in [5, 5.41) is 4.38. The zero-order chi connectivity index (χ0) is 20.2. The Labute approximate surface area is 169 Å². The summed E-state index contributed by atoms with van der Waals surface area (Å²) in [6, 6.07) is 10.6. The molecule has 1 saturated heterocycles. The van der Waals surface area contributed by atoms with Gasteiger partial charge in [0.1, 0.15) is 10.3 Å². The molecule has 1 amide bonds. The van der Waals surface area contributed by atoms with Crippen LogP contribution in [0.4, 0.5) is 0 Å². The SMILES string of the molecule is O=C(NCCCS(=O)(=O)c1ccccc1)C1CCCN1S(=O)(=O)c1cccs1. The molecule has 1 aromatic heterocycles. The Bertz CT molecular complexity index is 1000. The topological polar surface area (TPSA) is 101 Å². The molecule has 0 radical (unpaired) electrons.